The summed E-state index contributed by atoms with van der Waals surface area (Å²) in [5.41, 5.74) is 0. The van der Waals surface area contributed by atoms with Crippen molar-refractivity contribution in [3.8, 4) is 0 Å². The summed E-state index contributed by atoms with van der Waals surface area (Å²) in [6, 6.07) is 0. The number of esters is 1. The molecule has 2 atom stereocenters. The zero-order valence-electron chi connectivity index (χ0n) is 31.5. The fraction of sp³-hybridized carbons (Fsp3) is 0.610. The van der Waals surface area contributed by atoms with Crippen molar-refractivity contribution in [2.75, 3.05) is 26.4 Å². The van der Waals surface area contributed by atoms with Crippen LogP contribution >= 0.6 is 7.82 Å². The number of carbonyl (C=O) groups excluding carboxylic acids is 2. The molecule has 10 heteroatoms. The van der Waals surface area contributed by atoms with Crippen LogP contribution in [0.15, 0.2) is 85.1 Å². The number of carbonyl (C=O) groups is 2. The van der Waals surface area contributed by atoms with Gasteiger partial charge in [0, 0.05) is 19.4 Å². The third-order valence-corrected chi connectivity index (χ3v) is 8.32. The van der Waals surface area contributed by atoms with Crippen molar-refractivity contribution < 1.29 is 37.9 Å². The van der Waals surface area contributed by atoms with E-state index in [9.17, 15) is 24.2 Å². The van der Waals surface area contributed by atoms with Gasteiger partial charge in [-0.25, -0.2) is 4.57 Å². The molecule has 2 unspecified atom stereocenters. The van der Waals surface area contributed by atoms with Crippen molar-refractivity contribution in [2.45, 2.75) is 136 Å². The topological polar surface area (TPSA) is 131 Å². The number of nitrogens with one attached hydrogen (secondary N) is 1. The molecule has 290 valence electrons. The first-order chi connectivity index (χ1) is 24.8. The number of amides is 1. The van der Waals surface area contributed by atoms with Gasteiger partial charge in [0.1, 0.15) is 12.7 Å². The summed E-state index contributed by atoms with van der Waals surface area (Å²) in [6.45, 7) is 3.29. The first-order valence-corrected chi connectivity index (χ1v) is 20.6. The highest BCUT2D eigenvalue weighted by atomic mass is 31.2. The van der Waals surface area contributed by atoms with Gasteiger partial charge in [0.25, 0.3) is 0 Å². The number of hydrogen-bond acceptors (Lipinski definition) is 7. The van der Waals surface area contributed by atoms with E-state index in [0.717, 1.165) is 70.6 Å². The Hall–Kier alpha value is -2.81. The van der Waals surface area contributed by atoms with E-state index in [4.69, 9.17) is 13.8 Å². The first kappa shape index (κ1) is 48.2. The Morgan fingerprint density at radius 3 is 1.65 bits per heavy atom. The van der Waals surface area contributed by atoms with E-state index in [-0.39, 0.29) is 32.1 Å². The lowest BCUT2D eigenvalue weighted by atomic mass is 10.1. The van der Waals surface area contributed by atoms with Gasteiger partial charge in [0.2, 0.25) is 5.91 Å². The monoisotopic (exact) mass is 733 g/mol. The van der Waals surface area contributed by atoms with Crippen LogP contribution in [0.5, 0.6) is 0 Å². The molecule has 0 spiro atoms. The van der Waals surface area contributed by atoms with E-state index in [1.807, 2.05) is 6.08 Å². The third-order valence-electron chi connectivity index (χ3n) is 7.34. The normalized spacial score (nSPS) is 14.4. The fourth-order valence-electron chi connectivity index (χ4n) is 4.48. The van der Waals surface area contributed by atoms with E-state index in [1.165, 1.54) is 25.7 Å². The van der Waals surface area contributed by atoms with Crippen LogP contribution in [0.4, 0.5) is 0 Å². The number of unbranched alkanes of at least 4 members (excludes halogenated alkanes) is 7. The second-order valence-corrected chi connectivity index (χ2v) is 13.6. The molecule has 0 heterocycles. The lowest BCUT2D eigenvalue weighted by molar-refractivity contribution is -0.147. The summed E-state index contributed by atoms with van der Waals surface area (Å²) in [5, 5.41) is 12.6. The Balaban J connectivity index is 3.77. The molecule has 0 aliphatic carbocycles. The first-order valence-electron chi connectivity index (χ1n) is 19.1. The summed E-state index contributed by atoms with van der Waals surface area (Å²) in [6.07, 6.45) is 45.4. The Kier molecular flexibility index (Phi) is 34.9. The molecule has 0 aliphatic rings. The number of hydrogen-bond donors (Lipinski definition) is 3. The zero-order chi connectivity index (χ0) is 37.5. The molecule has 9 nitrogen and oxygen atoms in total. The van der Waals surface area contributed by atoms with E-state index >= 15 is 0 Å². The molecule has 0 aromatic carbocycles. The minimum atomic E-state index is -4.42. The summed E-state index contributed by atoms with van der Waals surface area (Å²) >= 11 is 0. The molecular weight excluding hydrogens is 665 g/mol. The maximum atomic E-state index is 12.0. The molecule has 1 amide bonds. The molecule has 3 N–H and O–H groups in total. The molecule has 0 aliphatic heterocycles. The third kappa shape index (κ3) is 38.3. The molecule has 0 bridgehead atoms. The molecule has 0 aromatic heterocycles. The highest BCUT2D eigenvalue weighted by Crippen LogP contribution is 2.42. The fourth-order valence-corrected chi connectivity index (χ4v) is 5.24. The molecule has 0 saturated heterocycles. The maximum absolute atomic E-state index is 12.0. The second kappa shape index (κ2) is 37.0. The number of aliphatic hydroxyl groups is 1. The minimum absolute atomic E-state index is 0.0705. The quantitative estimate of drug-likeness (QED) is 0.0258. The molecule has 0 aromatic rings. The van der Waals surface area contributed by atoms with E-state index in [2.05, 4.69) is 98.2 Å². The Bertz CT molecular complexity index is 1110. The number of allylic oxidation sites excluding steroid dienone is 14. The average Bonchev–Trinajstić information content (AvgIpc) is 3.11. The minimum Gasteiger partial charge on any atom is -0.463 e. The van der Waals surface area contributed by atoms with Gasteiger partial charge in [-0.05, 0) is 64.2 Å². The molecule has 0 saturated carbocycles. The largest absolute Gasteiger partial charge is 0.472 e. The number of rotatable bonds is 34. The molecular formula is C41H68NO8P. The Morgan fingerprint density at radius 1 is 0.627 bits per heavy atom. The van der Waals surface area contributed by atoms with Gasteiger partial charge in [0.05, 0.1) is 13.2 Å². The van der Waals surface area contributed by atoms with Crippen LogP contribution in [0.2, 0.25) is 0 Å². The summed E-state index contributed by atoms with van der Waals surface area (Å²) < 4.78 is 26.6. The van der Waals surface area contributed by atoms with Crippen molar-refractivity contribution in [1.29, 1.82) is 0 Å². The smallest absolute Gasteiger partial charge is 0.463 e. The van der Waals surface area contributed by atoms with Gasteiger partial charge < -0.3 is 20.1 Å². The predicted octanol–water partition coefficient (Wildman–Crippen LogP) is 10.1. The van der Waals surface area contributed by atoms with Gasteiger partial charge in [-0.3, -0.25) is 18.6 Å². The molecule has 51 heavy (non-hydrogen) atoms. The maximum Gasteiger partial charge on any atom is 0.472 e. The van der Waals surface area contributed by atoms with Crippen molar-refractivity contribution in [2.24, 2.45) is 0 Å². The van der Waals surface area contributed by atoms with Gasteiger partial charge in [-0.1, -0.05) is 137 Å². The highest BCUT2D eigenvalue weighted by molar-refractivity contribution is 7.47. The zero-order valence-corrected chi connectivity index (χ0v) is 32.4. The van der Waals surface area contributed by atoms with E-state index in [0.29, 0.717) is 12.8 Å². The van der Waals surface area contributed by atoms with Crippen LogP contribution in [0, 0.1) is 0 Å². The predicted molar refractivity (Wildman–Crippen MR) is 210 cm³/mol. The molecule has 0 radical (unpaired) electrons. The standard InChI is InChI=1S/C41H68NO8P/c1-3-5-7-9-11-12-13-14-15-16-17-18-19-20-21-22-23-24-25-26-28-30-32-34-41(45)48-37-39(43)38-50-51(46,47)49-36-35-42-40(44)33-31-29-27-10-8-6-4-2/h5,7,11-12,14-15,17-18,20-21,23-24,26,28,39,43H,3-4,6,8-10,13,16,19,22,25,27,29-38H2,1-2H3,(H,42,44)(H,46,47)/b7-5-,12-11-,15-14-,18-17-,21-20-,24-23-,28-26-. The van der Waals surface area contributed by atoms with Gasteiger partial charge >= 0.3 is 13.8 Å². The number of aliphatic hydroxyl groups excluding tert-OH is 1. The number of ether oxygens (including phenoxy) is 1. The SMILES string of the molecule is CC/C=C\C/C=C\C/C=C\C/C=C\C/C=C\C/C=C\C/C=C\CCCC(=O)OCC(O)COP(=O)(O)OCCNC(=O)CCCCCCCCC. The van der Waals surface area contributed by atoms with Crippen molar-refractivity contribution in [3.05, 3.63) is 85.1 Å². The van der Waals surface area contributed by atoms with Crippen LogP contribution in [-0.4, -0.2) is 54.3 Å². The van der Waals surface area contributed by atoms with E-state index in [1.54, 1.807) is 0 Å². The van der Waals surface area contributed by atoms with Crippen molar-refractivity contribution in [3.63, 3.8) is 0 Å². The summed E-state index contributed by atoms with van der Waals surface area (Å²) in [5.74, 6) is -0.592. The van der Waals surface area contributed by atoms with E-state index < -0.39 is 26.5 Å². The second-order valence-electron chi connectivity index (χ2n) is 12.2. The lowest BCUT2D eigenvalue weighted by Gasteiger charge is -2.15. The van der Waals surface area contributed by atoms with Crippen LogP contribution in [-0.2, 0) is 27.9 Å². The van der Waals surface area contributed by atoms with Gasteiger partial charge in [0.15, 0.2) is 0 Å². The average molecular weight is 734 g/mol. The van der Waals surface area contributed by atoms with Crippen LogP contribution in [0.25, 0.3) is 0 Å². The highest BCUT2D eigenvalue weighted by Gasteiger charge is 2.23. The van der Waals surface area contributed by atoms with Crippen LogP contribution in [0.1, 0.15) is 129 Å². The van der Waals surface area contributed by atoms with Crippen molar-refractivity contribution >= 4 is 19.7 Å². The Labute approximate surface area is 309 Å². The van der Waals surface area contributed by atoms with Crippen LogP contribution in [0.3, 0.4) is 0 Å². The number of phosphoric acid groups is 1. The summed E-state index contributed by atoms with van der Waals surface area (Å²) in [7, 11) is -4.42. The Morgan fingerprint density at radius 2 is 1.12 bits per heavy atom. The molecule has 0 fully saturated rings. The summed E-state index contributed by atoms with van der Waals surface area (Å²) in [4.78, 5) is 33.6. The van der Waals surface area contributed by atoms with Crippen molar-refractivity contribution in [1.82, 2.24) is 5.32 Å². The van der Waals surface area contributed by atoms with Gasteiger partial charge in [-0.2, -0.15) is 0 Å². The lowest BCUT2D eigenvalue weighted by Crippen LogP contribution is -2.27. The van der Waals surface area contributed by atoms with Gasteiger partial charge in [-0.15, -0.1) is 0 Å². The molecule has 0 rings (SSSR count). The van der Waals surface area contributed by atoms with Crippen LogP contribution < -0.4 is 5.32 Å². The number of phosphoric ester groups is 1.